The number of aromatic nitrogens is 1. The molecular formula is C10H7NO2S. The van der Waals surface area contributed by atoms with Crippen molar-refractivity contribution in [3.05, 3.63) is 34.3 Å². The molecule has 4 heteroatoms. The highest BCUT2D eigenvalue weighted by Crippen LogP contribution is 2.11. The summed E-state index contributed by atoms with van der Waals surface area (Å²) in [5, 5.41) is 0. The molecule has 3 nitrogen and oxygen atoms in total. The molecule has 0 fully saturated rings. The summed E-state index contributed by atoms with van der Waals surface area (Å²) in [4.78, 5) is 13.4. The second-order valence-corrected chi connectivity index (χ2v) is 3.00. The highest BCUT2D eigenvalue weighted by Gasteiger charge is 1.99. The predicted octanol–water partition coefficient (Wildman–Crippen LogP) is 1.40. The highest BCUT2D eigenvalue weighted by atomic mass is 32.1. The Labute approximate surface area is 85.5 Å². The minimum absolute atomic E-state index is 0.445. The largest absolute Gasteiger partial charge is 0.417 e. The van der Waals surface area contributed by atoms with Crippen LogP contribution in [0.5, 0.6) is 0 Å². The zero-order chi connectivity index (χ0) is 9.97. The summed E-state index contributed by atoms with van der Waals surface area (Å²) in [5.41, 5.74) is 2.03. The van der Waals surface area contributed by atoms with Crippen LogP contribution < -0.4 is 5.76 Å². The number of H-pyrrole nitrogens is 1. The van der Waals surface area contributed by atoms with Gasteiger partial charge in [-0.15, -0.1) is 0 Å². The third-order valence-corrected chi connectivity index (χ3v) is 1.89. The minimum atomic E-state index is -0.445. The first kappa shape index (κ1) is 8.97. The van der Waals surface area contributed by atoms with Gasteiger partial charge < -0.3 is 4.42 Å². The van der Waals surface area contributed by atoms with E-state index in [1.807, 2.05) is 6.07 Å². The molecule has 0 saturated heterocycles. The van der Waals surface area contributed by atoms with Crippen LogP contribution >= 0.6 is 12.6 Å². The molecule has 1 aromatic heterocycles. The van der Waals surface area contributed by atoms with Crippen LogP contribution in [0.15, 0.2) is 27.4 Å². The lowest BCUT2D eigenvalue weighted by atomic mass is 10.2. The van der Waals surface area contributed by atoms with Gasteiger partial charge in [0.15, 0.2) is 5.58 Å². The Balaban J connectivity index is 2.55. The van der Waals surface area contributed by atoms with Crippen LogP contribution in [0.4, 0.5) is 0 Å². The first-order valence-corrected chi connectivity index (χ1v) is 4.65. The van der Waals surface area contributed by atoms with E-state index >= 15 is 0 Å². The summed E-state index contributed by atoms with van der Waals surface area (Å²) in [7, 11) is 0. The molecule has 2 rings (SSSR count). The van der Waals surface area contributed by atoms with Gasteiger partial charge in [-0.2, -0.15) is 12.6 Å². The van der Waals surface area contributed by atoms with Gasteiger partial charge >= 0.3 is 5.76 Å². The number of hydrogen-bond donors (Lipinski definition) is 2. The van der Waals surface area contributed by atoms with Gasteiger partial charge in [0.25, 0.3) is 0 Å². The van der Waals surface area contributed by atoms with Crippen molar-refractivity contribution in [1.82, 2.24) is 4.98 Å². The second kappa shape index (κ2) is 3.64. The molecule has 0 unspecified atom stereocenters. The normalized spacial score (nSPS) is 9.79. The lowest BCUT2D eigenvalue weighted by molar-refractivity contribution is 0.555. The third-order valence-electron chi connectivity index (χ3n) is 1.73. The average molecular weight is 205 g/mol. The molecule has 2 aromatic rings. The smallest absolute Gasteiger partial charge is 0.408 e. The van der Waals surface area contributed by atoms with E-state index in [0.717, 1.165) is 5.56 Å². The lowest BCUT2D eigenvalue weighted by Crippen LogP contribution is -1.92. The zero-order valence-electron chi connectivity index (χ0n) is 7.20. The Bertz CT molecular complexity index is 571. The number of fused-ring (bicyclic) bond motifs is 1. The fourth-order valence-electron chi connectivity index (χ4n) is 1.16. The summed E-state index contributed by atoms with van der Waals surface area (Å²) in [6.07, 6.45) is 0. The molecule has 1 N–H and O–H groups in total. The van der Waals surface area contributed by atoms with E-state index in [9.17, 15) is 4.79 Å². The maximum atomic E-state index is 10.8. The molecule has 70 valence electrons. The maximum absolute atomic E-state index is 10.8. The number of aromatic amines is 1. The SMILES string of the molecule is O=c1[nH]c2ccc(C#CCS)cc2o1. The van der Waals surface area contributed by atoms with Crippen LogP contribution in [-0.4, -0.2) is 10.7 Å². The van der Waals surface area contributed by atoms with Crippen LogP contribution in [0.3, 0.4) is 0 Å². The monoisotopic (exact) mass is 205 g/mol. The summed E-state index contributed by atoms with van der Waals surface area (Å²) in [6, 6.07) is 5.32. The van der Waals surface area contributed by atoms with Crippen LogP contribution in [0, 0.1) is 11.8 Å². The summed E-state index contributed by atoms with van der Waals surface area (Å²) < 4.78 is 4.89. The molecule has 0 aliphatic carbocycles. The van der Waals surface area contributed by atoms with Crippen molar-refractivity contribution in [2.45, 2.75) is 0 Å². The van der Waals surface area contributed by atoms with Crippen LogP contribution in [0.25, 0.3) is 11.1 Å². The van der Waals surface area contributed by atoms with Crippen LogP contribution in [0.1, 0.15) is 5.56 Å². The molecule has 0 aliphatic rings. The zero-order valence-corrected chi connectivity index (χ0v) is 8.10. The number of oxazole rings is 1. The average Bonchev–Trinajstić information content (AvgIpc) is 2.54. The molecule has 0 saturated carbocycles. The Hall–Kier alpha value is -1.60. The predicted molar refractivity (Wildman–Crippen MR) is 57.6 cm³/mol. The topological polar surface area (TPSA) is 46.0 Å². The molecule has 0 amide bonds. The van der Waals surface area contributed by atoms with Gasteiger partial charge in [-0.3, -0.25) is 4.98 Å². The molecule has 1 heterocycles. The fraction of sp³-hybridized carbons (Fsp3) is 0.100. The van der Waals surface area contributed by atoms with Gasteiger partial charge in [-0.05, 0) is 18.2 Å². The summed E-state index contributed by atoms with van der Waals surface area (Å²) in [6.45, 7) is 0. The van der Waals surface area contributed by atoms with Gasteiger partial charge in [-0.25, -0.2) is 4.79 Å². The fourth-order valence-corrected chi connectivity index (χ4v) is 1.24. The Morgan fingerprint density at radius 2 is 2.36 bits per heavy atom. The molecule has 0 atom stereocenters. The Morgan fingerprint density at radius 1 is 1.50 bits per heavy atom. The molecule has 0 radical (unpaired) electrons. The van der Waals surface area contributed by atoms with E-state index in [-0.39, 0.29) is 0 Å². The Morgan fingerprint density at radius 3 is 3.14 bits per heavy atom. The quantitative estimate of drug-likeness (QED) is 0.504. The molecule has 0 bridgehead atoms. The molecule has 0 spiro atoms. The van der Waals surface area contributed by atoms with Crippen molar-refractivity contribution in [1.29, 1.82) is 0 Å². The second-order valence-electron chi connectivity index (χ2n) is 2.69. The number of benzene rings is 1. The van der Waals surface area contributed by atoms with Crippen molar-refractivity contribution in [3.63, 3.8) is 0 Å². The number of rotatable bonds is 0. The number of hydrogen-bond acceptors (Lipinski definition) is 3. The van der Waals surface area contributed by atoms with E-state index in [0.29, 0.717) is 16.9 Å². The van der Waals surface area contributed by atoms with E-state index in [2.05, 4.69) is 29.5 Å². The van der Waals surface area contributed by atoms with E-state index < -0.39 is 5.76 Å². The van der Waals surface area contributed by atoms with Gasteiger partial charge in [0, 0.05) is 5.56 Å². The van der Waals surface area contributed by atoms with E-state index in [1.54, 1.807) is 12.1 Å². The number of nitrogens with one attached hydrogen (secondary N) is 1. The first-order valence-electron chi connectivity index (χ1n) is 4.02. The van der Waals surface area contributed by atoms with Crippen molar-refractivity contribution in [2.75, 3.05) is 5.75 Å². The molecule has 1 aromatic carbocycles. The van der Waals surface area contributed by atoms with Crippen molar-refractivity contribution in [2.24, 2.45) is 0 Å². The van der Waals surface area contributed by atoms with Crippen molar-refractivity contribution < 1.29 is 4.42 Å². The van der Waals surface area contributed by atoms with Crippen molar-refractivity contribution in [3.8, 4) is 11.8 Å². The summed E-state index contributed by atoms with van der Waals surface area (Å²) >= 11 is 3.98. The van der Waals surface area contributed by atoms with Crippen LogP contribution in [-0.2, 0) is 0 Å². The van der Waals surface area contributed by atoms with Crippen molar-refractivity contribution >= 4 is 23.7 Å². The minimum Gasteiger partial charge on any atom is -0.408 e. The van der Waals surface area contributed by atoms with Gasteiger partial charge in [0.2, 0.25) is 0 Å². The van der Waals surface area contributed by atoms with Gasteiger partial charge in [-0.1, -0.05) is 11.8 Å². The highest BCUT2D eigenvalue weighted by molar-refractivity contribution is 7.80. The number of thiol groups is 1. The first-order chi connectivity index (χ1) is 6.79. The molecular weight excluding hydrogens is 198 g/mol. The van der Waals surface area contributed by atoms with Gasteiger partial charge in [0.05, 0.1) is 11.3 Å². The van der Waals surface area contributed by atoms with Crippen LogP contribution in [0.2, 0.25) is 0 Å². The summed E-state index contributed by atoms with van der Waals surface area (Å²) in [5.74, 6) is 5.78. The molecule has 14 heavy (non-hydrogen) atoms. The maximum Gasteiger partial charge on any atom is 0.417 e. The lowest BCUT2D eigenvalue weighted by Gasteiger charge is -1.88. The van der Waals surface area contributed by atoms with E-state index in [4.69, 9.17) is 4.42 Å². The van der Waals surface area contributed by atoms with E-state index in [1.165, 1.54) is 0 Å². The van der Waals surface area contributed by atoms with Gasteiger partial charge in [0.1, 0.15) is 0 Å². The Kier molecular flexibility index (Phi) is 2.33. The molecule has 0 aliphatic heterocycles. The standard InChI is InChI=1S/C10H7NO2S/c12-10-11-8-4-3-7(2-1-5-14)6-9(8)13-10/h3-4,6,14H,5H2,(H,11,12). The third kappa shape index (κ3) is 1.68.